The molecule has 0 aliphatic carbocycles. The Balaban J connectivity index is 0.00000106. The van der Waals surface area contributed by atoms with Gasteiger partial charge in [0, 0.05) is 12.1 Å². The molecule has 0 fully saturated rings. The van der Waals surface area contributed by atoms with E-state index in [2.05, 4.69) is 9.84 Å². The van der Waals surface area contributed by atoms with Crippen molar-refractivity contribution in [3.8, 4) is 11.3 Å². The standard InChI is InChI=1S/C14H15FN2O2.C2H6/c1-4-17-13(9(2)8-16-17)10-5-11(14(18)19-3)7-12(15)6-10;1-2/h5-8H,4H2,1-3H3;1-2H3. The first-order chi connectivity index (χ1) is 10.1. The van der Waals surface area contributed by atoms with E-state index in [4.69, 9.17) is 0 Å². The Morgan fingerprint density at radius 1 is 1.33 bits per heavy atom. The summed E-state index contributed by atoms with van der Waals surface area (Å²) in [5.74, 6) is -1.03. The first-order valence-electron chi connectivity index (χ1n) is 6.98. The fourth-order valence-electron chi connectivity index (χ4n) is 2.06. The van der Waals surface area contributed by atoms with Crippen molar-refractivity contribution >= 4 is 5.97 Å². The Bertz CT molecular complexity index is 621. The number of methoxy groups -OCH3 is 1. The molecule has 0 spiro atoms. The summed E-state index contributed by atoms with van der Waals surface area (Å²) < 4.78 is 20.0. The second-order valence-corrected chi connectivity index (χ2v) is 4.21. The number of ether oxygens (including phenoxy) is 1. The average molecular weight is 292 g/mol. The molecule has 2 aromatic rings. The number of hydrogen-bond acceptors (Lipinski definition) is 3. The molecule has 0 saturated heterocycles. The van der Waals surface area contributed by atoms with Gasteiger partial charge in [-0.1, -0.05) is 13.8 Å². The van der Waals surface area contributed by atoms with Crippen LogP contribution in [0.25, 0.3) is 11.3 Å². The van der Waals surface area contributed by atoms with E-state index in [0.29, 0.717) is 12.1 Å². The molecule has 0 radical (unpaired) electrons. The number of nitrogens with zero attached hydrogens (tertiary/aromatic N) is 2. The van der Waals surface area contributed by atoms with Gasteiger partial charge in [0.2, 0.25) is 0 Å². The van der Waals surface area contributed by atoms with Crippen LogP contribution in [0, 0.1) is 12.7 Å². The van der Waals surface area contributed by atoms with Crippen molar-refractivity contribution in [2.45, 2.75) is 34.2 Å². The van der Waals surface area contributed by atoms with E-state index in [1.54, 1.807) is 16.9 Å². The highest BCUT2D eigenvalue weighted by atomic mass is 19.1. The zero-order valence-electron chi connectivity index (χ0n) is 13.1. The zero-order valence-corrected chi connectivity index (χ0v) is 13.1. The number of hydrogen-bond donors (Lipinski definition) is 0. The molecule has 114 valence electrons. The van der Waals surface area contributed by atoms with Gasteiger partial charge >= 0.3 is 5.97 Å². The second kappa shape index (κ2) is 7.57. The van der Waals surface area contributed by atoms with Crippen LogP contribution in [0.5, 0.6) is 0 Å². The number of carbonyl (C=O) groups is 1. The summed E-state index contributed by atoms with van der Waals surface area (Å²) in [5, 5.41) is 4.21. The van der Waals surface area contributed by atoms with E-state index in [9.17, 15) is 9.18 Å². The molecule has 0 saturated carbocycles. The largest absolute Gasteiger partial charge is 0.465 e. The van der Waals surface area contributed by atoms with Crippen molar-refractivity contribution in [1.82, 2.24) is 9.78 Å². The first kappa shape index (κ1) is 16.9. The van der Waals surface area contributed by atoms with Gasteiger partial charge in [-0.15, -0.1) is 0 Å². The second-order valence-electron chi connectivity index (χ2n) is 4.21. The third-order valence-corrected chi connectivity index (χ3v) is 2.91. The van der Waals surface area contributed by atoms with Gasteiger partial charge in [0.05, 0.1) is 24.6 Å². The third kappa shape index (κ3) is 3.68. The lowest BCUT2D eigenvalue weighted by atomic mass is 10.0. The molecule has 0 unspecified atom stereocenters. The molecular formula is C16H21FN2O2. The van der Waals surface area contributed by atoms with E-state index in [1.165, 1.54) is 13.2 Å². The highest BCUT2D eigenvalue weighted by molar-refractivity contribution is 5.91. The molecule has 5 heteroatoms. The van der Waals surface area contributed by atoms with Crippen LogP contribution in [-0.4, -0.2) is 22.9 Å². The number of carbonyl (C=O) groups excluding carboxylic acids is 1. The zero-order chi connectivity index (χ0) is 16.0. The summed E-state index contributed by atoms with van der Waals surface area (Å²) in [6.07, 6.45) is 1.72. The van der Waals surface area contributed by atoms with Gasteiger partial charge < -0.3 is 4.74 Å². The molecule has 1 aromatic heterocycles. The number of aryl methyl sites for hydroxylation is 2. The lowest BCUT2D eigenvalue weighted by Crippen LogP contribution is -2.04. The summed E-state index contributed by atoms with van der Waals surface area (Å²) in [6, 6.07) is 4.17. The minimum Gasteiger partial charge on any atom is -0.465 e. The highest BCUT2D eigenvalue weighted by Gasteiger charge is 2.14. The predicted molar refractivity (Wildman–Crippen MR) is 80.7 cm³/mol. The van der Waals surface area contributed by atoms with Gasteiger partial charge in [-0.05, 0) is 37.6 Å². The van der Waals surface area contributed by atoms with Gasteiger partial charge in [0.1, 0.15) is 5.82 Å². The smallest absolute Gasteiger partial charge is 0.337 e. The fourth-order valence-corrected chi connectivity index (χ4v) is 2.06. The Morgan fingerprint density at radius 3 is 2.57 bits per heavy atom. The predicted octanol–water partition coefficient (Wildman–Crippen LogP) is 3.83. The van der Waals surface area contributed by atoms with Gasteiger partial charge in [-0.2, -0.15) is 5.10 Å². The van der Waals surface area contributed by atoms with Crippen molar-refractivity contribution in [2.75, 3.05) is 7.11 Å². The third-order valence-electron chi connectivity index (χ3n) is 2.91. The van der Waals surface area contributed by atoms with Crippen molar-refractivity contribution in [1.29, 1.82) is 0 Å². The molecule has 21 heavy (non-hydrogen) atoms. The normalized spacial score (nSPS) is 9.81. The minimum absolute atomic E-state index is 0.195. The van der Waals surface area contributed by atoms with Gasteiger partial charge in [-0.3, -0.25) is 4.68 Å². The van der Waals surface area contributed by atoms with Gasteiger partial charge in [-0.25, -0.2) is 9.18 Å². The van der Waals surface area contributed by atoms with E-state index in [-0.39, 0.29) is 5.56 Å². The molecule has 0 aliphatic heterocycles. The molecule has 0 aliphatic rings. The molecule has 0 atom stereocenters. The van der Waals surface area contributed by atoms with Gasteiger partial charge in [0.15, 0.2) is 0 Å². The highest BCUT2D eigenvalue weighted by Crippen LogP contribution is 2.25. The van der Waals surface area contributed by atoms with Crippen LogP contribution in [0.3, 0.4) is 0 Å². The lowest BCUT2D eigenvalue weighted by molar-refractivity contribution is 0.0600. The van der Waals surface area contributed by atoms with E-state index in [0.717, 1.165) is 17.3 Å². The van der Waals surface area contributed by atoms with Crippen LogP contribution in [-0.2, 0) is 11.3 Å². The Morgan fingerprint density at radius 2 is 2.00 bits per heavy atom. The van der Waals surface area contributed by atoms with Crippen LogP contribution in [0.15, 0.2) is 24.4 Å². The summed E-state index contributed by atoms with van der Waals surface area (Å²) in [6.45, 7) is 8.53. The summed E-state index contributed by atoms with van der Waals surface area (Å²) in [5.41, 5.74) is 2.56. The van der Waals surface area contributed by atoms with Crippen LogP contribution >= 0.6 is 0 Å². The first-order valence-corrected chi connectivity index (χ1v) is 6.98. The number of benzene rings is 1. The monoisotopic (exact) mass is 292 g/mol. The molecule has 0 N–H and O–H groups in total. The van der Waals surface area contributed by atoms with Crippen molar-refractivity contribution in [3.63, 3.8) is 0 Å². The number of rotatable bonds is 3. The van der Waals surface area contributed by atoms with Crippen LogP contribution in [0.4, 0.5) is 4.39 Å². The molecule has 1 aromatic carbocycles. The molecular weight excluding hydrogens is 271 g/mol. The summed E-state index contributed by atoms with van der Waals surface area (Å²) in [7, 11) is 1.27. The minimum atomic E-state index is -0.555. The SMILES string of the molecule is CC.CCn1ncc(C)c1-c1cc(F)cc(C(=O)OC)c1. The summed E-state index contributed by atoms with van der Waals surface area (Å²) in [4.78, 5) is 11.5. The molecule has 2 rings (SSSR count). The number of esters is 1. The number of aromatic nitrogens is 2. The molecule has 0 bridgehead atoms. The number of halogens is 1. The summed E-state index contributed by atoms with van der Waals surface area (Å²) >= 11 is 0. The topological polar surface area (TPSA) is 44.1 Å². The average Bonchev–Trinajstić information content (AvgIpc) is 2.88. The van der Waals surface area contributed by atoms with Crippen molar-refractivity contribution < 1.29 is 13.9 Å². The van der Waals surface area contributed by atoms with Crippen molar-refractivity contribution in [2.24, 2.45) is 0 Å². The Hall–Kier alpha value is -2.17. The Kier molecular flexibility index (Phi) is 6.09. The van der Waals surface area contributed by atoms with E-state index in [1.807, 2.05) is 27.7 Å². The molecule has 4 nitrogen and oxygen atoms in total. The quantitative estimate of drug-likeness (QED) is 0.808. The van der Waals surface area contributed by atoms with Crippen LogP contribution in [0.2, 0.25) is 0 Å². The lowest BCUT2D eigenvalue weighted by Gasteiger charge is -2.08. The van der Waals surface area contributed by atoms with E-state index >= 15 is 0 Å². The Labute approximate surface area is 124 Å². The van der Waals surface area contributed by atoms with E-state index < -0.39 is 11.8 Å². The maximum atomic E-state index is 13.6. The maximum Gasteiger partial charge on any atom is 0.337 e. The van der Waals surface area contributed by atoms with Crippen LogP contribution < -0.4 is 0 Å². The molecule has 0 amide bonds. The van der Waals surface area contributed by atoms with Crippen molar-refractivity contribution in [3.05, 3.63) is 41.3 Å². The van der Waals surface area contributed by atoms with Gasteiger partial charge in [0.25, 0.3) is 0 Å². The van der Waals surface area contributed by atoms with Crippen LogP contribution in [0.1, 0.15) is 36.7 Å². The maximum absolute atomic E-state index is 13.6. The molecule has 1 heterocycles. The fraction of sp³-hybridized carbons (Fsp3) is 0.375.